The Kier molecular flexibility index (Phi) is 7.38. The number of amides is 1. The van der Waals surface area contributed by atoms with Crippen molar-refractivity contribution >= 4 is 17.7 Å². The van der Waals surface area contributed by atoms with Crippen molar-refractivity contribution < 1.29 is 14.1 Å². The molecule has 2 aromatic rings. The predicted molar refractivity (Wildman–Crippen MR) is 110 cm³/mol. The van der Waals surface area contributed by atoms with Crippen LogP contribution in [-0.4, -0.2) is 46.1 Å². The number of quaternary nitrogens is 1. The summed E-state index contributed by atoms with van der Waals surface area (Å²) in [6, 6.07) is 8.30. The normalized spacial score (nSPS) is 14.5. The van der Waals surface area contributed by atoms with Crippen molar-refractivity contribution in [1.29, 1.82) is 5.26 Å². The highest BCUT2D eigenvalue weighted by atomic mass is 32.2. The summed E-state index contributed by atoms with van der Waals surface area (Å²) >= 11 is 1.23. The lowest BCUT2D eigenvalue weighted by Gasteiger charge is -2.27. The summed E-state index contributed by atoms with van der Waals surface area (Å²) < 4.78 is 15.2. The number of hydrogen-bond acceptors (Lipinski definition) is 5. The molecule has 0 aliphatic heterocycles. The smallest absolute Gasteiger partial charge is 0.231 e. The van der Waals surface area contributed by atoms with Gasteiger partial charge in [-0.25, -0.2) is 4.39 Å². The first-order valence-corrected chi connectivity index (χ1v) is 10.4. The van der Waals surface area contributed by atoms with Crippen LogP contribution in [0.4, 0.5) is 4.39 Å². The Morgan fingerprint density at radius 3 is 2.45 bits per heavy atom. The van der Waals surface area contributed by atoms with Crippen molar-refractivity contribution in [3.63, 3.8) is 0 Å². The van der Waals surface area contributed by atoms with E-state index in [1.807, 2.05) is 39.4 Å². The van der Waals surface area contributed by atoms with E-state index in [1.165, 1.54) is 23.9 Å². The molecule has 0 bridgehead atoms. The lowest BCUT2D eigenvalue weighted by Crippen LogP contribution is -3.05. The second kappa shape index (κ2) is 9.37. The largest absolute Gasteiger partial charge is 0.337 e. The van der Waals surface area contributed by atoms with Crippen molar-refractivity contribution in [1.82, 2.24) is 20.1 Å². The van der Waals surface area contributed by atoms with Crippen molar-refractivity contribution in [2.24, 2.45) is 5.92 Å². The maximum atomic E-state index is 13.4. The molecule has 156 valence electrons. The highest BCUT2D eigenvalue weighted by Crippen LogP contribution is 2.25. The highest BCUT2D eigenvalue weighted by Gasteiger charge is 2.30. The van der Waals surface area contributed by atoms with E-state index in [0.717, 1.165) is 16.4 Å². The van der Waals surface area contributed by atoms with Gasteiger partial charge in [0.25, 0.3) is 0 Å². The SMILES string of the molecule is CC(C)[C@](C)(C#N)NC(=O)CSc1nnc([C@@H](C)[NH+](C)C)n1-c1ccc(F)cc1. The summed E-state index contributed by atoms with van der Waals surface area (Å²) in [6.45, 7) is 7.51. The van der Waals surface area contributed by atoms with E-state index in [9.17, 15) is 14.4 Å². The third kappa shape index (κ3) is 5.34. The monoisotopic (exact) mass is 419 g/mol. The van der Waals surface area contributed by atoms with Crippen LogP contribution in [0.3, 0.4) is 0 Å². The molecule has 2 atom stereocenters. The first kappa shape index (κ1) is 22.8. The minimum Gasteiger partial charge on any atom is -0.337 e. The average Bonchev–Trinajstić information content (AvgIpc) is 3.09. The zero-order chi connectivity index (χ0) is 21.8. The number of nitrogens with one attached hydrogen (secondary N) is 2. The Morgan fingerprint density at radius 2 is 1.93 bits per heavy atom. The lowest BCUT2D eigenvalue weighted by molar-refractivity contribution is -0.890. The molecule has 29 heavy (non-hydrogen) atoms. The Morgan fingerprint density at radius 1 is 1.31 bits per heavy atom. The van der Waals surface area contributed by atoms with Crippen molar-refractivity contribution in [2.75, 3.05) is 19.8 Å². The van der Waals surface area contributed by atoms with Crippen molar-refractivity contribution in [3.05, 3.63) is 35.9 Å². The quantitative estimate of drug-likeness (QED) is 0.637. The third-order valence-corrected chi connectivity index (χ3v) is 6.04. The van der Waals surface area contributed by atoms with E-state index >= 15 is 0 Å². The van der Waals surface area contributed by atoms with Crippen LogP contribution in [0.25, 0.3) is 5.69 Å². The van der Waals surface area contributed by atoms with Crippen LogP contribution in [-0.2, 0) is 4.79 Å². The third-order valence-electron chi connectivity index (χ3n) is 5.11. The van der Waals surface area contributed by atoms with Gasteiger partial charge in [0.2, 0.25) is 5.91 Å². The van der Waals surface area contributed by atoms with Crippen LogP contribution >= 0.6 is 11.8 Å². The zero-order valence-electron chi connectivity index (χ0n) is 17.7. The molecule has 0 aliphatic carbocycles. The molecule has 0 radical (unpaired) electrons. The highest BCUT2D eigenvalue weighted by molar-refractivity contribution is 7.99. The van der Waals surface area contributed by atoms with Crippen LogP contribution in [0.1, 0.15) is 39.6 Å². The van der Waals surface area contributed by atoms with Gasteiger partial charge in [0.15, 0.2) is 11.0 Å². The van der Waals surface area contributed by atoms with Gasteiger partial charge in [-0.2, -0.15) is 5.26 Å². The Labute approximate surface area is 175 Å². The molecule has 0 saturated carbocycles. The van der Waals surface area contributed by atoms with Gasteiger partial charge >= 0.3 is 0 Å². The number of nitriles is 1. The van der Waals surface area contributed by atoms with Gasteiger partial charge < -0.3 is 10.2 Å². The number of halogens is 1. The standard InChI is InChI=1S/C20H27FN6OS/c1-13(2)20(4,12-22)23-17(28)11-29-19-25-24-18(14(3)26(5)6)27(19)16-9-7-15(21)8-10-16/h7-10,13-14H,11H2,1-6H3,(H,23,28)/p+1/t14-,20+/m1/s1. The van der Waals surface area contributed by atoms with Crippen LogP contribution in [0, 0.1) is 23.1 Å². The van der Waals surface area contributed by atoms with E-state index < -0.39 is 5.54 Å². The number of nitrogens with zero attached hydrogens (tertiary/aromatic N) is 4. The van der Waals surface area contributed by atoms with Gasteiger partial charge in [0.05, 0.1) is 25.9 Å². The molecule has 1 aromatic heterocycles. The Hall–Kier alpha value is -2.44. The van der Waals surface area contributed by atoms with E-state index in [4.69, 9.17) is 0 Å². The summed E-state index contributed by atoms with van der Waals surface area (Å²) in [5.41, 5.74) is -0.206. The topological polar surface area (TPSA) is 88.0 Å². The summed E-state index contributed by atoms with van der Waals surface area (Å²) in [6.07, 6.45) is 0. The second-order valence-electron chi connectivity index (χ2n) is 7.76. The number of aromatic nitrogens is 3. The molecule has 0 spiro atoms. The molecule has 0 unspecified atom stereocenters. The van der Waals surface area contributed by atoms with Gasteiger partial charge in [-0.05, 0) is 44.0 Å². The van der Waals surface area contributed by atoms with Gasteiger partial charge in [0.1, 0.15) is 17.4 Å². The summed E-state index contributed by atoms with van der Waals surface area (Å²) in [5.74, 6) is 0.206. The molecule has 9 heteroatoms. The van der Waals surface area contributed by atoms with Crippen LogP contribution in [0.15, 0.2) is 29.4 Å². The first-order chi connectivity index (χ1) is 13.6. The van der Waals surface area contributed by atoms with Crippen LogP contribution in [0.5, 0.6) is 0 Å². The summed E-state index contributed by atoms with van der Waals surface area (Å²) in [7, 11) is 4.03. The Balaban J connectivity index is 2.28. The zero-order valence-corrected chi connectivity index (χ0v) is 18.5. The van der Waals surface area contributed by atoms with Crippen molar-refractivity contribution in [2.45, 2.75) is 44.4 Å². The molecule has 2 rings (SSSR count). The fraction of sp³-hybridized carbons (Fsp3) is 0.500. The number of hydrogen-bond donors (Lipinski definition) is 2. The molecule has 0 fully saturated rings. The van der Waals surface area contributed by atoms with Crippen LogP contribution < -0.4 is 10.2 Å². The number of thioether (sulfide) groups is 1. The molecule has 7 nitrogen and oxygen atoms in total. The number of carbonyl (C=O) groups excluding carboxylic acids is 1. The van der Waals surface area contributed by atoms with Crippen molar-refractivity contribution in [3.8, 4) is 11.8 Å². The number of benzene rings is 1. The van der Waals surface area contributed by atoms with Gasteiger partial charge in [-0.1, -0.05) is 25.6 Å². The molecule has 1 heterocycles. The predicted octanol–water partition coefficient (Wildman–Crippen LogP) is 1.76. The fourth-order valence-corrected chi connectivity index (χ4v) is 3.26. The van der Waals surface area contributed by atoms with E-state index in [0.29, 0.717) is 5.16 Å². The van der Waals surface area contributed by atoms with E-state index in [1.54, 1.807) is 19.1 Å². The Bertz CT molecular complexity index is 889. The number of rotatable bonds is 8. The molecule has 1 aromatic carbocycles. The number of carbonyl (C=O) groups is 1. The fourth-order valence-electron chi connectivity index (χ4n) is 2.50. The average molecular weight is 420 g/mol. The summed E-state index contributed by atoms with van der Waals surface area (Å²) in [4.78, 5) is 13.6. The van der Waals surface area contributed by atoms with E-state index in [-0.39, 0.29) is 29.4 Å². The lowest BCUT2D eigenvalue weighted by atomic mass is 9.90. The minimum atomic E-state index is -0.934. The van der Waals surface area contributed by atoms with Crippen LogP contribution in [0.2, 0.25) is 0 Å². The first-order valence-electron chi connectivity index (χ1n) is 9.45. The molecule has 1 amide bonds. The maximum absolute atomic E-state index is 13.4. The van der Waals surface area contributed by atoms with Gasteiger partial charge in [-0.3, -0.25) is 9.36 Å². The molecular formula is C20H28FN6OS+. The molecular weight excluding hydrogens is 391 g/mol. The van der Waals surface area contributed by atoms with Gasteiger partial charge in [-0.15, -0.1) is 10.2 Å². The second-order valence-corrected chi connectivity index (χ2v) is 8.70. The van der Waals surface area contributed by atoms with E-state index in [2.05, 4.69) is 21.6 Å². The maximum Gasteiger partial charge on any atom is 0.231 e. The molecule has 0 aliphatic rings. The molecule has 0 saturated heterocycles. The molecule has 2 N–H and O–H groups in total. The summed E-state index contributed by atoms with van der Waals surface area (Å²) in [5, 5.41) is 21.3. The van der Waals surface area contributed by atoms with Gasteiger partial charge in [0, 0.05) is 5.69 Å². The minimum absolute atomic E-state index is 0.0279.